The molecule has 2 heterocycles. The van der Waals surface area contributed by atoms with Gasteiger partial charge in [0.05, 0.1) is 25.6 Å². The summed E-state index contributed by atoms with van der Waals surface area (Å²) in [7, 11) is 1.61. The third-order valence-electron chi connectivity index (χ3n) is 4.73. The number of ether oxygens (including phenoxy) is 1. The quantitative estimate of drug-likeness (QED) is 0.681. The normalized spacial score (nSPS) is 15.9. The second-order valence-electron chi connectivity index (χ2n) is 6.61. The number of furan rings is 1. The highest BCUT2D eigenvalue weighted by Gasteiger charge is 2.34. The van der Waals surface area contributed by atoms with E-state index in [1.54, 1.807) is 31.6 Å². The van der Waals surface area contributed by atoms with Gasteiger partial charge in [0.2, 0.25) is 0 Å². The zero-order chi connectivity index (χ0) is 20.2. The molecule has 2 aromatic carbocycles. The number of carbonyl (C=O) groups excluding carboxylic acids is 1. The van der Waals surface area contributed by atoms with E-state index in [1.807, 2.05) is 30.3 Å². The van der Waals surface area contributed by atoms with Gasteiger partial charge in [-0.05, 0) is 60.2 Å². The lowest BCUT2D eigenvalue weighted by Crippen LogP contribution is -2.32. The molecule has 0 unspecified atom stereocenters. The Kier molecular flexibility index (Phi) is 5.29. The predicted octanol–water partition coefficient (Wildman–Crippen LogP) is 4.22. The lowest BCUT2D eigenvalue weighted by Gasteiger charge is -2.20. The molecule has 148 valence electrons. The summed E-state index contributed by atoms with van der Waals surface area (Å²) in [6, 6.07) is 16.8. The number of hydrogen-bond acceptors (Lipinski definition) is 5. The molecule has 0 spiro atoms. The van der Waals surface area contributed by atoms with Crippen molar-refractivity contribution in [3.63, 3.8) is 0 Å². The SMILES string of the molecule is COc1ccc(C2=NN(C(=O)CNc3cccc(F)c3)[C@@H](c3ccco3)C2)cc1. The summed E-state index contributed by atoms with van der Waals surface area (Å²) in [6.45, 7) is -0.0138. The van der Waals surface area contributed by atoms with Crippen LogP contribution in [0.2, 0.25) is 0 Å². The number of hydrazone groups is 1. The first-order valence-electron chi connectivity index (χ1n) is 9.21. The van der Waals surface area contributed by atoms with Crippen molar-refractivity contribution < 1.29 is 18.3 Å². The van der Waals surface area contributed by atoms with Gasteiger partial charge < -0.3 is 14.5 Å². The van der Waals surface area contributed by atoms with E-state index in [2.05, 4.69) is 10.4 Å². The van der Waals surface area contributed by atoms with Crippen LogP contribution in [0, 0.1) is 5.82 Å². The van der Waals surface area contributed by atoms with Crippen LogP contribution in [0.1, 0.15) is 23.8 Å². The Balaban J connectivity index is 1.54. The first-order chi connectivity index (χ1) is 14.1. The van der Waals surface area contributed by atoms with E-state index in [4.69, 9.17) is 9.15 Å². The van der Waals surface area contributed by atoms with Crippen LogP contribution >= 0.6 is 0 Å². The topological polar surface area (TPSA) is 67.1 Å². The largest absolute Gasteiger partial charge is 0.497 e. The lowest BCUT2D eigenvalue weighted by atomic mass is 10.0. The van der Waals surface area contributed by atoms with E-state index in [-0.39, 0.29) is 24.3 Å². The molecule has 0 radical (unpaired) electrons. The van der Waals surface area contributed by atoms with E-state index in [0.717, 1.165) is 17.0 Å². The summed E-state index contributed by atoms with van der Waals surface area (Å²) < 4.78 is 24.1. The van der Waals surface area contributed by atoms with Crippen LogP contribution in [0.3, 0.4) is 0 Å². The fourth-order valence-corrected chi connectivity index (χ4v) is 3.26. The third-order valence-corrected chi connectivity index (χ3v) is 4.73. The molecular weight excluding hydrogens is 373 g/mol. The number of nitrogens with one attached hydrogen (secondary N) is 1. The van der Waals surface area contributed by atoms with E-state index < -0.39 is 0 Å². The summed E-state index contributed by atoms with van der Waals surface area (Å²) >= 11 is 0. The minimum atomic E-state index is -0.364. The molecule has 0 fully saturated rings. The van der Waals surface area contributed by atoms with Crippen LogP contribution < -0.4 is 10.1 Å². The van der Waals surface area contributed by atoms with Gasteiger partial charge in [-0.25, -0.2) is 9.40 Å². The van der Waals surface area contributed by atoms with E-state index in [0.29, 0.717) is 17.9 Å². The first kappa shape index (κ1) is 18.7. The second-order valence-corrected chi connectivity index (χ2v) is 6.61. The Morgan fingerprint density at radius 3 is 2.76 bits per heavy atom. The lowest BCUT2D eigenvalue weighted by molar-refractivity contribution is -0.131. The Bertz CT molecular complexity index is 1020. The number of hydrogen-bond donors (Lipinski definition) is 1. The molecule has 4 rings (SSSR count). The molecule has 3 aromatic rings. The van der Waals surface area contributed by atoms with E-state index in [1.165, 1.54) is 17.1 Å². The standard InChI is InChI=1S/C22H20FN3O3/c1-28-18-9-7-15(8-10-18)19-13-20(21-6-3-11-29-21)26(25-19)22(27)14-24-17-5-2-4-16(23)12-17/h2-12,20,24H,13-14H2,1H3/t20-/m1/s1. The minimum Gasteiger partial charge on any atom is -0.497 e. The molecule has 1 atom stereocenters. The zero-order valence-corrected chi connectivity index (χ0v) is 15.8. The predicted molar refractivity (Wildman–Crippen MR) is 107 cm³/mol. The summed E-state index contributed by atoms with van der Waals surface area (Å²) in [5.74, 6) is 0.814. The van der Waals surface area contributed by atoms with Crippen LogP contribution in [0.25, 0.3) is 0 Å². The summed E-state index contributed by atoms with van der Waals surface area (Å²) in [4.78, 5) is 12.9. The molecule has 0 saturated heterocycles. The number of benzene rings is 2. The van der Waals surface area contributed by atoms with Gasteiger partial charge in [-0.3, -0.25) is 4.79 Å². The molecule has 1 N–H and O–H groups in total. The molecule has 0 aliphatic carbocycles. The van der Waals surface area contributed by atoms with Crippen molar-refractivity contribution in [1.82, 2.24) is 5.01 Å². The van der Waals surface area contributed by atoms with Gasteiger partial charge in [0.1, 0.15) is 23.4 Å². The fraction of sp³-hybridized carbons (Fsp3) is 0.182. The summed E-state index contributed by atoms with van der Waals surface area (Å²) in [5, 5.41) is 8.95. The average Bonchev–Trinajstić information content (AvgIpc) is 3.42. The summed E-state index contributed by atoms with van der Waals surface area (Å²) in [5.41, 5.74) is 2.23. The number of anilines is 1. The maximum Gasteiger partial charge on any atom is 0.262 e. The van der Waals surface area contributed by atoms with Crippen molar-refractivity contribution in [1.29, 1.82) is 0 Å². The van der Waals surface area contributed by atoms with Crippen LogP contribution in [0.15, 0.2) is 76.4 Å². The van der Waals surface area contributed by atoms with E-state index in [9.17, 15) is 9.18 Å². The Morgan fingerprint density at radius 1 is 1.24 bits per heavy atom. The molecule has 1 amide bonds. The Labute approximate surface area is 167 Å². The molecule has 7 heteroatoms. The average molecular weight is 393 g/mol. The number of methoxy groups -OCH3 is 1. The minimum absolute atomic E-state index is 0.0138. The van der Waals surface area contributed by atoms with Gasteiger partial charge in [0.15, 0.2) is 0 Å². The molecule has 1 aliphatic rings. The highest BCUT2D eigenvalue weighted by Crippen LogP contribution is 2.33. The van der Waals surface area contributed by atoms with Crippen LogP contribution in [-0.4, -0.2) is 30.3 Å². The number of halogens is 1. The van der Waals surface area contributed by atoms with Crippen molar-refractivity contribution in [3.8, 4) is 5.75 Å². The third kappa shape index (κ3) is 4.13. The molecular formula is C22H20FN3O3. The van der Waals surface area contributed by atoms with Gasteiger partial charge in [-0.15, -0.1) is 0 Å². The molecule has 1 aromatic heterocycles. The van der Waals surface area contributed by atoms with Crippen LogP contribution in [-0.2, 0) is 4.79 Å². The maximum absolute atomic E-state index is 13.4. The monoisotopic (exact) mass is 393 g/mol. The zero-order valence-electron chi connectivity index (χ0n) is 15.8. The highest BCUT2D eigenvalue weighted by molar-refractivity contribution is 6.03. The Hall–Kier alpha value is -3.61. The van der Waals surface area contributed by atoms with Crippen LogP contribution in [0.4, 0.5) is 10.1 Å². The van der Waals surface area contributed by atoms with Gasteiger partial charge in [0, 0.05) is 12.1 Å². The van der Waals surface area contributed by atoms with Gasteiger partial charge in [-0.1, -0.05) is 6.07 Å². The first-order valence-corrected chi connectivity index (χ1v) is 9.21. The van der Waals surface area contributed by atoms with Gasteiger partial charge in [0.25, 0.3) is 5.91 Å². The molecule has 1 aliphatic heterocycles. The number of rotatable bonds is 6. The summed E-state index contributed by atoms with van der Waals surface area (Å²) in [6.07, 6.45) is 2.11. The van der Waals surface area contributed by atoms with Crippen LogP contribution in [0.5, 0.6) is 5.75 Å². The molecule has 6 nitrogen and oxygen atoms in total. The van der Waals surface area contributed by atoms with Crippen molar-refractivity contribution >= 4 is 17.3 Å². The van der Waals surface area contributed by atoms with Crippen molar-refractivity contribution in [2.45, 2.75) is 12.5 Å². The van der Waals surface area contributed by atoms with Crippen molar-refractivity contribution in [2.75, 3.05) is 19.0 Å². The fourth-order valence-electron chi connectivity index (χ4n) is 3.26. The number of nitrogens with zero attached hydrogens (tertiary/aromatic N) is 2. The smallest absolute Gasteiger partial charge is 0.262 e. The Morgan fingerprint density at radius 2 is 2.07 bits per heavy atom. The molecule has 29 heavy (non-hydrogen) atoms. The second kappa shape index (κ2) is 8.18. The van der Waals surface area contributed by atoms with Gasteiger partial charge in [-0.2, -0.15) is 5.10 Å². The molecule has 0 bridgehead atoms. The van der Waals surface area contributed by atoms with Crippen molar-refractivity contribution in [2.24, 2.45) is 5.10 Å². The number of carbonyl (C=O) groups is 1. The van der Waals surface area contributed by atoms with Gasteiger partial charge >= 0.3 is 0 Å². The van der Waals surface area contributed by atoms with E-state index >= 15 is 0 Å². The molecule has 0 saturated carbocycles. The maximum atomic E-state index is 13.4. The van der Waals surface area contributed by atoms with Crippen molar-refractivity contribution in [3.05, 3.63) is 84.1 Å². The number of amides is 1. The highest BCUT2D eigenvalue weighted by atomic mass is 19.1.